The van der Waals surface area contributed by atoms with Gasteiger partial charge in [0.2, 0.25) is 0 Å². The Bertz CT molecular complexity index is 600. The third-order valence-corrected chi connectivity index (χ3v) is 4.02. The zero-order valence-electron chi connectivity index (χ0n) is 10.5. The maximum Gasteiger partial charge on any atom is 0.163 e. The number of rotatable bonds is 2. The summed E-state index contributed by atoms with van der Waals surface area (Å²) >= 11 is 3.38. The van der Waals surface area contributed by atoms with Crippen LogP contribution in [0.5, 0.6) is 0 Å². The quantitative estimate of drug-likeness (QED) is 0.664. The molecule has 0 spiro atoms. The first-order valence-electron chi connectivity index (χ1n) is 5.76. The first-order chi connectivity index (χ1) is 8.91. The summed E-state index contributed by atoms with van der Waals surface area (Å²) in [5, 5.41) is 0. The molecule has 0 fully saturated rings. The van der Waals surface area contributed by atoms with Crippen LogP contribution in [0.25, 0.3) is 0 Å². The molecule has 0 aliphatic rings. The Morgan fingerprint density at radius 3 is 2.16 bits per heavy atom. The molecule has 0 amide bonds. The van der Waals surface area contributed by atoms with E-state index in [1.165, 1.54) is 24.3 Å². The van der Waals surface area contributed by atoms with Crippen LogP contribution < -0.4 is 0 Å². The summed E-state index contributed by atoms with van der Waals surface area (Å²) in [6.07, 6.45) is 0. The second kappa shape index (κ2) is 5.37. The Morgan fingerprint density at radius 1 is 1.00 bits per heavy atom. The Hall–Kier alpha value is -1.29. The summed E-state index contributed by atoms with van der Waals surface area (Å²) in [5.41, 5.74) is 2.36. The molecule has 2 rings (SSSR count). The summed E-state index contributed by atoms with van der Waals surface area (Å²) in [6.45, 7) is 3.49. The fourth-order valence-electron chi connectivity index (χ4n) is 2.19. The lowest BCUT2D eigenvalue weighted by molar-refractivity contribution is 0.500. The number of aryl methyl sites for hydroxylation is 2. The van der Waals surface area contributed by atoms with E-state index < -0.39 is 16.5 Å². The van der Waals surface area contributed by atoms with Crippen LogP contribution in [0.4, 0.5) is 13.2 Å². The molecule has 0 nitrogen and oxygen atoms in total. The van der Waals surface area contributed by atoms with Crippen LogP contribution in [0.15, 0.2) is 30.3 Å². The van der Waals surface area contributed by atoms with Gasteiger partial charge in [-0.05, 0) is 48.7 Å². The first kappa shape index (κ1) is 14.1. The van der Waals surface area contributed by atoms with Crippen LogP contribution in [-0.4, -0.2) is 0 Å². The van der Waals surface area contributed by atoms with Crippen LogP contribution in [0.2, 0.25) is 0 Å². The Kier molecular flexibility index (Phi) is 3.99. The molecule has 2 aromatic rings. The van der Waals surface area contributed by atoms with Gasteiger partial charge in [0.1, 0.15) is 5.82 Å². The monoisotopic (exact) mass is 328 g/mol. The van der Waals surface area contributed by atoms with Crippen molar-refractivity contribution in [1.29, 1.82) is 0 Å². The van der Waals surface area contributed by atoms with Crippen molar-refractivity contribution in [2.75, 3.05) is 0 Å². The Morgan fingerprint density at radius 2 is 1.58 bits per heavy atom. The van der Waals surface area contributed by atoms with Crippen LogP contribution in [0.3, 0.4) is 0 Å². The molecule has 0 radical (unpaired) electrons. The largest absolute Gasteiger partial charge is 0.207 e. The standard InChI is InChI=1S/C15H12BrF3/c1-8-6-10(17)7-9(2)13(8)14(16)11-4-3-5-12(18)15(11)19/h3-7,14H,1-2H3. The predicted molar refractivity (Wildman–Crippen MR) is 73.0 cm³/mol. The van der Waals surface area contributed by atoms with Gasteiger partial charge in [-0.15, -0.1) is 0 Å². The smallest absolute Gasteiger partial charge is 0.163 e. The molecular weight excluding hydrogens is 317 g/mol. The van der Waals surface area contributed by atoms with E-state index in [1.54, 1.807) is 13.8 Å². The molecule has 0 saturated carbocycles. The highest BCUT2D eigenvalue weighted by atomic mass is 79.9. The highest BCUT2D eigenvalue weighted by Crippen LogP contribution is 2.37. The van der Waals surface area contributed by atoms with Gasteiger partial charge in [0.05, 0.1) is 4.83 Å². The summed E-state index contributed by atoms with van der Waals surface area (Å²) < 4.78 is 40.3. The van der Waals surface area contributed by atoms with E-state index in [4.69, 9.17) is 0 Å². The number of hydrogen-bond donors (Lipinski definition) is 0. The summed E-state index contributed by atoms with van der Waals surface area (Å²) in [6, 6.07) is 6.81. The van der Waals surface area contributed by atoms with Crippen molar-refractivity contribution in [1.82, 2.24) is 0 Å². The first-order valence-corrected chi connectivity index (χ1v) is 6.68. The summed E-state index contributed by atoms with van der Waals surface area (Å²) in [7, 11) is 0. The van der Waals surface area contributed by atoms with E-state index in [2.05, 4.69) is 15.9 Å². The van der Waals surface area contributed by atoms with E-state index in [1.807, 2.05) is 0 Å². The van der Waals surface area contributed by atoms with Crippen molar-refractivity contribution < 1.29 is 13.2 Å². The minimum Gasteiger partial charge on any atom is -0.207 e. The SMILES string of the molecule is Cc1cc(F)cc(C)c1C(Br)c1cccc(F)c1F. The second-order valence-electron chi connectivity index (χ2n) is 4.46. The molecule has 2 aromatic carbocycles. The van der Waals surface area contributed by atoms with E-state index in [0.29, 0.717) is 11.1 Å². The van der Waals surface area contributed by atoms with Crippen molar-refractivity contribution in [2.24, 2.45) is 0 Å². The number of alkyl halides is 1. The molecular formula is C15H12BrF3. The molecule has 0 saturated heterocycles. The fourth-order valence-corrected chi connectivity index (χ4v) is 3.27. The summed E-state index contributed by atoms with van der Waals surface area (Å²) in [5.74, 6) is -2.11. The van der Waals surface area contributed by atoms with Crippen LogP contribution in [0.1, 0.15) is 27.1 Å². The average Bonchev–Trinajstić information content (AvgIpc) is 2.31. The fraction of sp³-hybridized carbons (Fsp3) is 0.200. The van der Waals surface area contributed by atoms with Crippen LogP contribution in [0, 0.1) is 31.3 Å². The minimum absolute atomic E-state index is 0.206. The van der Waals surface area contributed by atoms with Gasteiger partial charge >= 0.3 is 0 Å². The van der Waals surface area contributed by atoms with E-state index >= 15 is 0 Å². The van der Waals surface area contributed by atoms with Gasteiger partial charge < -0.3 is 0 Å². The molecule has 0 bridgehead atoms. The topological polar surface area (TPSA) is 0 Å². The highest BCUT2D eigenvalue weighted by molar-refractivity contribution is 9.09. The van der Waals surface area contributed by atoms with Crippen molar-refractivity contribution in [3.05, 3.63) is 70.0 Å². The van der Waals surface area contributed by atoms with Gasteiger partial charge in [-0.1, -0.05) is 28.1 Å². The molecule has 100 valence electrons. The molecule has 0 aromatic heterocycles. The molecule has 0 heterocycles. The molecule has 1 unspecified atom stereocenters. The minimum atomic E-state index is -0.889. The number of halogens is 4. The lowest BCUT2D eigenvalue weighted by Crippen LogP contribution is -2.03. The molecule has 19 heavy (non-hydrogen) atoms. The van der Waals surface area contributed by atoms with Gasteiger partial charge in [0.25, 0.3) is 0 Å². The third kappa shape index (κ3) is 2.68. The zero-order valence-corrected chi connectivity index (χ0v) is 12.1. The van der Waals surface area contributed by atoms with Gasteiger partial charge in [-0.3, -0.25) is 0 Å². The highest BCUT2D eigenvalue weighted by Gasteiger charge is 2.21. The van der Waals surface area contributed by atoms with Crippen LogP contribution >= 0.6 is 15.9 Å². The number of hydrogen-bond acceptors (Lipinski definition) is 0. The molecule has 0 aliphatic heterocycles. The van der Waals surface area contributed by atoms with Crippen molar-refractivity contribution in [2.45, 2.75) is 18.7 Å². The van der Waals surface area contributed by atoms with Gasteiger partial charge in [-0.2, -0.15) is 0 Å². The molecule has 1 atom stereocenters. The van der Waals surface area contributed by atoms with Crippen molar-refractivity contribution >= 4 is 15.9 Å². The molecule has 0 N–H and O–H groups in total. The van der Waals surface area contributed by atoms with E-state index in [9.17, 15) is 13.2 Å². The van der Waals surface area contributed by atoms with E-state index in [0.717, 1.165) is 11.6 Å². The second-order valence-corrected chi connectivity index (χ2v) is 5.37. The Labute approximate surface area is 118 Å². The van der Waals surface area contributed by atoms with Gasteiger partial charge in [0, 0.05) is 5.56 Å². The third-order valence-electron chi connectivity index (χ3n) is 3.07. The molecule has 4 heteroatoms. The summed E-state index contributed by atoms with van der Waals surface area (Å²) in [4.78, 5) is -0.510. The lowest BCUT2D eigenvalue weighted by atomic mass is 9.95. The zero-order chi connectivity index (χ0) is 14.2. The lowest BCUT2D eigenvalue weighted by Gasteiger charge is -2.17. The average molecular weight is 329 g/mol. The number of benzene rings is 2. The van der Waals surface area contributed by atoms with Crippen molar-refractivity contribution in [3.8, 4) is 0 Å². The molecule has 0 aliphatic carbocycles. The normalized spacial score (nSPS) is 12.5. The van der Waals surface area contributed by atoms with Crippen LogP contribution in [-0.2, 0) is 0 Å². The maximum absolute atomic E-state index is 13.8. The van der Waals surface area contributed by atoms with Crippen molar-refractivity contribution in [3.63, 3.8) is 0 Å². The van der Waals surface area contributed by atoms with Gasteiger partial charge in [0.15, 0.2) is 11.6 Å². The van der Waals surface area contributed by atoms with E-state index in [-0.39, 0.29) is 11.4 Å². The maximum atomic E-state index is 13.8. The Balaban J connectivity index is 2.56. The van der Waals surface area contributed by atoms with Gasteiger partial charge in [-0.25, -0.2) is 13.2 Å². The predicted octanol–water partition coefficient (Wildman–Crippen LogP) is 5.21.